The molecule has 3 nitrogen and oxygen atoms in total. The van der Waals surface area contributed by atoms with Gasteiger partial charge in [0.05, 0.1) is 12.8 Å². The molecule has 0 fully saturated rings. The van der Waals surface area contributed by atoms with Crippen molar-refractivity contribution in [3.63, 3.8) is 0 Å². The lowest BCUT2D eigenvalue weighted by Gasteiger charge is -2.30. The van der Waals surface area contributed by atoms with Gasteiger partial charge in [-0.05, 0) is 18.7 Å². The Morgan fingerprint density at radius 3 is 2.43 bits per heavy atom. The molecule has 1 aromatic heterocycles. The Morgan fingerprint density at radius 2 is 1.86 bits per heavy atom. The van der Waals surface area contributed by atoms with Gasteiger partial charge in [0.15, 0.2) is 5.78 Å². The van der Waals surface area contributed by atoms with Gasteiger partial charge in [0.25, 0.3) is 0 Å². The fourth-order valence-corrected chi connectivity index (χ4v) is 2.51. The van der Waals surface area contributed by atoms with Crippen LogP contribution in [0.4, 0.5) is 0 Å². The SMILES string of the molecule is CCN(Cc1ccco1)CC(C)(C)C(=O)c1ccccc1. The van der Waals surface area contributed by atoms with Gasteiger partial charge in [-0.1, -0.05) is 51.1 Å². The molecule has 3 heteroatoms. The highest BCUT2D eigenvalue weighted by molar-refractivity contribution is 6.00. The normalized spacial score (nSPS) is 11.8. The summed E-state index contributed by atoms with van der Waals surface area (Å²) < 4.78 is 5.40. The van der Waals surface area contributed by atoms with Gasteiger partial charge in [-0.3, -0.25) is 9.69 Å². The molecule has 2 rings (SSSR count). The minimum absolute atomic E-state index is 0.181. The largest absolute Gasteiger partial charge is 0.468 e. The van der Waals surface area contributed by atoms with E-state index >= 15 is 0 Å². The lowest BCUT2D eigenvalue weighted by Crippen LogP contribution is -2.39. The van der Waals surface area contributed by atoms with Crippen molar-refractivity contribution in [2.24, 2.45) is 5.41 Å². The van der Waals surface area contributed by atoms with Crippen LogP contribution in [0.5, 0.6) is 0 Å². The van der Waals surface area contributed by atoms with Crippen LogP contribution in [0.2, 0.25) is 0 Å². The first-order chi connectivity index (χ1) is 10.0. The van der Waals surface area contributed by atoms with Gasteiger partial charge in [0, 0.05) is 17.5 Å². The molecular weight excluding hydrogens is 262 g/mol. The molecule has 0 aliphatic carbocycles. The molecule has 0 N–H and O–H groups in total. The summed E-state index contributed by atoms with van der Waals surface area (Å²) in [7, 11) is 0. The molecule has 0 atom stereocenters. The van der Waals surface area contributed by atoms with Gasteiger partial charge in [0.1, 0.15) is 5.76 Å². The maximum Gasteiger partial charge on any atom is 0.169 e. The first-order valence-corrected chi connectivity index (χ1v) is 7.37. The summed E-state index contributed by atoms with van der Waals surface area (Å²) in [6.07, 6.45) is 1.68. The van der Waals surface area contributed by atoms with Crippen LogP contribution < -0.4 is 0 Å². The lowest BCUT2D eigenvalue weighted by molar-refractivity contribution is 0.0755. The molecule has 0 radical (unpaired) electrons. The summed E-state index contributed by atoms with van der Waals surface area (Å²) in [4.78, 5) is 14.9. The zero-order valence-electron chi connectivity index (χ0n) is 13.0. The molecule has 112 valence electrons. The predicted octanol–water partition coefficient (Wildman–Crippen LogP) is 4.01. The molecule has 21 heavy (non-hydrogen) atoms. The third-order valence-corrected chi connectivity index (χ3v) is 3.68. The van der Waals surface area contributed by atoms with Crippen LogP contribution in [0.15, 0.2) is 53.1 Å². The van der Waals surface area contributed by atoms with Crippen molar-refractivity contribution < 1.29 is 9.21 Å². The van der Waals surface area contributed by atoms with Crippen molar-refractivity contribution in [3.8, 4) is 0 Å². The summed E-state index contributed by atoms with van der Waals surface area (Å²) in [6.45, 7) is 8.44. The summed E-state index contributed by atoms with van der Waals surface area (Å²) >= 11 is 0. The van der Waals surface area contributed by atoms with Gasteiger partial charge in [0.2, 0.25) is 0 Å². The zero-order chi connectivity index (χ0) is 15.3. The summed E-state index contributed by atoms with van der Waals surface area (Å²) in [5.41, 5.74) is 0.348. The first kappa shape index (κ1) is 15.5. The van der Waals surface area contributed by atoms with Crippen LogP contribution in [-0.4, -0.2) is 23.8 Å². The third-order valence-electron chi connectivity index (χ3n) is 3.68. The van der Waals surface area contributed by atoms with Crippen LogP contribution >= 0.6 is 0 Å². The lowest BCUT2D eigenvalue weighted by atomic mass is 9.83. The van der Waals surface area contributed by atoms with Gasteiger partial charge in [-0.15, -0.1) is 0 Å². The predicted molar refractivity (Wildman–Crippen MR) is 84.2 cm³/mol. The highest BCUT2D eigenvalue weighted by Gasteiger charge is 2.30. The topological polar surface area (TPSA) is 33.5 Å². The van der Waals surface area contributed by atoms with Crippen LogP contribution in [0.1, 0.15) is 36.9 Å². The van der Waals surface area contributed by atoms with Crippen LogP contribution in [0.3, 0.4) is 0 Å². The van der Waals surface area contributed by atoms with E-state index in [2.05, 4.69) is 11.8 Å². The molecule has 0 unspecified atom stereocenters. The number of ketones is 1. The van der Waals surface area contributed by atoms with E-state index in [1.165, 1.54) is 0 Å². The second kappa shape index (κ2) is 6.72. The quantitative estimate of drug-likeness (QED) is 0.721. The molecule has 0 bridgehead atoms. The minimum Gasteiger partial charge on any atom is -0.468 e. The van der Waals surface area contributed by atoms with Gasteiger partial charge in [-0.25, -0.2) is 0 Å². The molecule has 0 saturated carbocycles. The molecule has 1 heterocycles. The van der Waals surface area contributed by atoms with Gasteiger partial charge >= 0.3 is 0 Å². The van der Waals surface area contributed by atoms with Crippen molar-refractivity contribution in [1.29, 1.82) is 0 Å². The van der Waals surface area contributed by atoms with Crippen molar-refractivity contribution in [1.82, 2.24) is 4.90 Å². The van der Waals surface area contributed by atoms with Crippen LogP contribution in [0, 0.1) is 5.41 Å². The maximum absolute atomic E-state index is 12.7. The number of hydrogen-bond acceptors (Lipinski definition) is 3. The number of benzene rings is 1. The molecule has 0 spiro atoms. The van der Waals surface area contributed by atoms with Gasteiger partial charge < -0.3 is 4.42 Å². The number of carbonyl (C=O) groups excluding carboxylic acids is 1. The number of hydrogen-bond donors (Lipinski definition) is 0. The molecule has 0 aliphatic rings. The Kier molecular flexibility index (Phi) is 4.97. The van der Waals surface area contributed by atoms with E-state index in [4.69, 9.17) is 4.42 Å². The molecule has 1 aromatic carbocycles. The Morgan fingerprint density at radius 1 is 1.14 bits per heavy atom. The maximum atomic E-state index is 12.7. The second-order valence-corrected chi connectivity index (χ2v) is 5.96. The highest BCUT2D eigenvalue weighted by atomic mass is 16.3. The van der Waals surface area contributed by atoms with E-state index in [1.54, 1.807) is 6.26 Å². The fraction of sp³-hybridized carbons (Fsp3) is 0.389. The average Bonchev–Trinajstić information content (AvgIpc) is 2.99. The Bertz CT molecular complexity index is 558. The summed E-state index contributed by atoms with van der Waals surface area (Å²) in [5, 5.41) is 0. The Labute approximate surface area is 126 Å². The number of rotatable bonds is 7. The Balaban J connectivity index is 2.06. The van der Waals surface area contributed by atoms with Crippen molar-refractivity contribution in [3.05, 3.63) is 60.1 Å². The molecular formula is C18H23NO2. The fourth-order valence-electron chi connectivity index (χ4n) is 2.51. The van der Waals surface area contributed by atoms with Crippen molar-refractivity contribution in [2.75, 3.05) is 13.1 Å². The molecule has 0 aliphatic heterocycles. The molecule has 0 amide bonds. The Hall–Kier alpha value is -1.87. The zero-order valence-corrected chi connectivity index (χ0v) is 13.0. The number of carbonyl (C=O) groups is 1. The van der Waals surface area contributed by atoms with E-state index in [0.29, 0.717) is 6.54 Å². The molecule has 0 saturated heterocycles. The summed E-state index contributed by atoms with van der Waals surface area (Å²) in [6, 6.07) is 13.4. The molecule has 2 aromatic rings. The first-order valence-electron chi connectivity index (χ1n) is 7.37. The van der Waals surface area contributed by atoms with E-state index in [1.807, 2.05) is 56.3 Å². The minimum atomic E-state index is -0.427. The van der Waals surface area contributed by atoms with E-state index in [0.717, 1.165) is 24.4 Å². The number of nitrogens with zero attached hydrogens (tertiary/aromatic N) is 1. The number of Topliss-reactive ketones (excluding diaryl/α,β-unsaturated/α-hetero) is 1. The highest BCUT2D eigenvalue weighted by Crippen LogP contribution is 2.24. The summed E-state index contributed by atoms with van der Waals surface area (Å²) in [5.74, 6) is 1.11. The van der Waals surface area contributed by atoms with E-state index in [9.17, 15) is 4.79 Å². The van der Waals surface area contributed by atoms with Gasteiger partial charge in [-0.2, -0.15) is 0 Å². The monoisotopic (exact) mass is 285 g/mol. The van der Waals surface area contributed by atoms with E-state index < -0.39 is 5.41 Å². The average molecular weight is 285 g/mol. The van der Waals surface area contributed by atoms with Crippen LogP contribution in [0.25, 0.3) is 0 Å². The third kappa shape index (κ3) is 4.05. The van der Waals surface area contributed by atoms with Crippen molar-refractivity contribution >= 4 is 5.78 Å². The van der Waals surface area contributed by atoms with E-state index in [-0.39, 0.29) is 5.78 Å². The number of furan rings is 1. The standard InChI is InChI=1S/C18H23NO2/c1-4-19(13-16-11-8-12-21-16)14-18(2,3)17(20)15-9-6-5-7-10-15/h5-12H,4,13-14H2,1-3H3. The second-order valence-electron chi connectivity index (χ2n) is 5.96. The van der Waals surface area contributed by atoms with Crippen molar-refractivity contribution in [2.45, 2.75) is 27.3 Å². The van der Waals surface area contributed by atoms with Crippen LogP contribution in [-0.2, 0) is 6.54 Å². The smallest absolute Gasteiger partial charge is 0.169 e.